The second-order valence-electron chi connectivity index (χ2n) is 4.32. The molecule has 2 rings (SSSR count). The molecule has 1 unspecified atom stereocenters. The average molecular weight is 348 g/mol. The number of benzene rings is 2. The van der Waals surface area contributed by atoms with E-state index in [0.717, 1.165) is 18.2 Å². The lowest BCUT2D eigenvalue weighted by Crippen LogP contribution is -2.17. The Morgan fingerprint density at radius 1 is 0.950 bits per heavy atom. The van der Waals surface area contributed by atoms with Crippen molar-refractivity contribution in [3.05, 3.63) is 69.2 Å². The summed E-state index contributed by atoms with van der Waals surface area (Å²) in [7, 11) is 0. The number of rotatable bonds is 3. The van der Waals surface area contributed by atoms with Crippen molar-refractivity contribution in [3.63, 3.8) is 0 Å². The van der Waals surface area contributed by atoms with Crippen LogP contribution in [0.4, 0.5) is 17.6 Å². The van der Waals surface area contributed by atoms with Crippen LogP contribution in [-0.4, -0.2) is 0 Å². The van der Waals surface area contributed by atoms with E-state index in [9.17, 15) is 17.6 Å². The monoisotopic (exact) mass is 347 g/mol. The van der Waals surface area contributed by atoms with Crippen LogP contribution in [0.3, 0.4) is 0 Å². The van der Waals surface area contributed by atoms with Gasteiger partial charge in [-0.2, -0.15) is 0 Å². The van der Waals surface area contributed by atoms with Gasteiger partial charge in [-0.1, -0.05) is 6.07 Å². The minimum atomic E-state index is -1.02. The van der Waals surface area contributed by atoms with E-state index in [1.807, 2.05) is 0 Å². The minimum Gasteiger partial charge on any atom is -0.323 e. The first-order chi connectivity index (χ1) is 9.40. The maximum absolute atomic E-state index is 13.9. The number of hydrogen-bond acceptors (Lipinski definition) is 1. The van der Waals surface area contributed by atoms with Crippen LogP contribution in [0.1, 0.15) is 17.2 Å². The Kier molecular flexibility index (Phi) is 4.45. The van der Waals surface area contributed by atoms with Crippen molar-refractivity contribution in [3.8, 4) is 0 Å². The molecule has 106 valence electrons. The highest BCUT2D eigenvalue weighted by Gasteiger charge is 2.19. The lowest BCUT2D eigenvalue weighted by atomic mass is 9.98. The summed E-state index contributed by atoms with van der Waals surface area (Å²) >= 11 is 2.95. The minimum absolute atomic E-state index is 0.0124. The summed E-state index contributed by atoms with van der Waals surface area (Å²) in [6.07, 6.45) is -0.0124. The first-order valence-electron chi connectivity index (χ1n) is 5.73. The zero-order valence-electron chi connectivity index (χ0n) is 10.1. The molecule has 0 aromatic heterocycles. The van der Waals surface area contributed by atoms with E-state index in [4.69, 9.17) is 5.73 Å². The molecule has 0 radical (unpaired) electrons. The normalized spacial score (nSPS) is 12.5. The van der Waals surface area contributed by atoms with E-state index < -0.39 is 29.3 Å². The molecule has 20 heavy (non-hydrogen) atoms. The van der Waals surface area contributed by atoms with Gasteiger partial charge in [-0.25, -0.2) is 17.6 Å². The van der Waals surface area contributed by atoms with Gasteiger partial charge in [-0.05, 0) is 52.2 Å². The van der Waals surface area contributed by atoms with Crippen molar-refractivity contribution in [2.24, 2.45) is 5.73 Å². The van der Waals surface area contributed by atoms with Gasteiger partial charge in [0.05, 0.1) is 4.47 Å². The Morgan fingerprint density at radius 3 is 2.25 bits per heavy atom. The summed E-state index contributed by atoms with van der Waals surface area (Å²) in [5.41, 5.74) is 5.84. The molecule has 1 atom stereocenters. The van der Waals surface area contributed by atoms with E-state index >= 15 is 0 Å². The molecule has 1 nitrogen and oxygen atoms in total. The molecule has 0 fully saturated rings. The van der Waals surface area contributed by atoms with Crippen LogP contribution in [0, 0.1) is 23.3 Å². The van der Waals surface area contributed by atoms with Crippen molar-refractivity contribution < 1.29 is 17.6 Å². The maximum Gasteiger partial charge on any atom is 0.159 e. The van der Waals surface area contributed by atoms with Crippen molar-refractivity contribution in [1.29, 1.82) is 0 Å². The Balaban J connectivity index is 2.30. The fourth-order valence-electron chi connectivity index (χ4n) is 1.91. The fourth-order valence-corrected chi connectivity index (χ4v) is 2.25. The smallest absolute Gasteiger partial charge is 0.159 e. The summed E-state index contributed by atoms with van der Waals surface area (Å²) in [6, 6.07) is 4.56. The quantitative estimate of drug-likeness (QED) is 0.651. The van der Waals surface area contributed by atoms with Crippen LogP contribution in [0.15, 0.2) is 34.8 Å². The molecular formula is C14H10BrF4N. The van der Waals surface area contributed by atoms with Gasteiger partial charge in [0.25, 0.3) is 0 Å². The second kappa shape index (κ2) is 5.93. The predicted octanol–water partition coefficient (Wildman–Crippen LogP) is 4.25. The van der Waals surface area contributed by atoms with Crippen LogP contribution in [0.5, 0.6) is 0 Å². The molecule has 2 aromatic carbocycles. The van der Waals surface area contributed by atoms with Crippen LogP contribution in [-0.2, 0) is 6.42 Å². The zero-order chi connectivity index (χ0) is 14.9. The van der Waals surface area contributed by atoms with Crippen molar-refractivity contribution in [1.82, 2.24) is 0 Å². The first-order valence-corrected chi connectivity index (χ1v) is 6.52. The van der Waals surface area contributed by atoms with Gasteiger partial charge in [0, 0.05) is 11.6 Å². The molecule has 0 aliphatic carbocycles. The van der Waals surface area contributed by atoms with Crippen LogP contribution >= 0.6 is 15.9 Å². The van der Waals surface area contributed by atoms with E-state index in [2.05, 4.69) is 15.9 Å². The Morgan fingerprint density at radius 2 is 1.60 bits per heavy atom. The molecule has 2 aromatic rings. The maximum atomic E-state index is 13.9. The third-order valence-corrected chi connectivity index (χ3v) is 3.50. The SMILES string of the molecule is NC(Cc1ccc(F)c(F)c1)c1c(F)ccc(Br)c1F. The van der Waals surface area contributed by atoms with Gasteiger partial charge >= 0.3 is 0 Å². The number of nitrogens with two attached hydrogens (primary N) is 1. The van der Waals surface area contributed by atoms with E-state index in [1.165, 1.54) is 12.1 Å². The molecule has 0 aliphatic rings. The molecule has 0 bridgehead atoms. The van der Waals surface area contributed by atoms with Crippen LogP contribution < -0.4 is 5.73 Å². The molecule has 2 N–H and O–H groups in total. The highest BCUT2D eigenvalue weighted by molar-refractivity contribution is 9.10. The molecule has 0 spiro atoms. The van der Waals surface area contributed by atoms with Gasteiger partial charge in [0.2, 0.25) is 0 Å². The van der Waals surface area contributed by atoms with Crippen molar-refractivity contribution in [2.75, 3.05) is 0 Å². The molecule has 6 heteroatoms. The van der Waals surface area contributed by atoms with Gasteiger partial charge in [-0.3, -0.25) is 0 Å². The molecule has 0 amide bonds. The van der Waals surface area contributed by atoms with Gasteiger partial charge in [0.1, 0.15) is 11.6 Å². The Bertz CT molecular complexity index is 645. The summed E-state index contributed by atoms with van der Waals surface area (Å²) in [5.74, 6) is -3.58. The van der Waals surface area contributed by atoms with E-state index in [0.29, 0.717) is 5.56 Å². The van der Waals surface area contributed by atoms with Crippen molar-refractivity contribution >= 4 is 15.9 Å². The predicted molar refractivity (Wildman–Crippen MR) is 71.0 cm³/mol. The number of hydrogen-bond donors (Lipinski definition) is 1. The highest BCUT2D eigenvalue weighted by Crippen LogP contribution is 2.27. The van der Waals surface area contributed by atoms with E-state index in [-0.39, 0.29) is 16.5 Å². The Hall–Kier alpha value is -1.40. The lowest BCUT2D eigenvalue weighted by molar-refractivity contribution is 0.502. The van der Waals surface area contributed by atoms with Gasteiger partial charge < -0.3 is 5.73 Å². The lowest BCUT2D eigenvalue weighted by Gasteiger charge is -2.15. The second-order valence-corrected chi connectivity index (χ2v) is 5.17. The van der Waals surface area contributed by atoms with Gasteiger partial charge in [0.15, 0.2) is 11.6 Å². The third kappa shape index (κ3) is 3.02. The summed E-state index contributed by atoms with van der Waals surface area (Å²) in [6.45, 7) is 0. The molecule has 0 aliphatic heterocycles. The molecular weight excluding hydrogens is 338 g/mol. The standard InChI is InChI=1S/C14H10BrF4N/c15-8-2-4-10(17)13(14(8)19)12(20)6-7-1-3-9(16)11(18)5-7/h1-5,12H,6,20H2. The Labute approximate surface area is 121 Å². The summed E-state index contributed by atoms with van der Waals surface area (Å²) < 4.78 is 53.5. The summed E-state index contributed by atoms with van der Waals surface area (Å²) in [4.78, 5) is 0. The van der Waals surface area contributed by atoms with Crippen LogP contribution in [0.2, 0.25) is 0 Å². The number of halogens is 5. The van der Waals surface area contributed by atoms with Gasteiger partial charge in [-0.15, -0.1) is 0 Å². The zero-order valence-corrected chi connectivity index (χ0v) is 11.7. The third-order valence-electron chi connectivity index (χ3n) is 2.89. The largest absolute Gasteiger partial charge is 0.323 e. The average Bonchev–Trinajstić information content (AvgIpc) is 2.39. The topological polar surface area (TPSA) is 26.0 Å². The van der Waals surface area contributed by atoms with E-state index in [1.54, 1.807) is 0 Å². The first kappa shape index (κ1) is 15.0. The van der Waals surface area contributed by atoms with Crippen molar-refractivity contribution in [2.45, 2.75) is 12.5 Å². The van der Waals surface area contributed by atoms with Crippen LogP contribution in [0.25, 0.3) is 0 Å². The molecule has 0 saturated carbocycles. The molecule has 0 saturated heterocycles. The molecule has 0 heterocycles. The fraction of sp³-hybridized carbons (Fsp3) is 0.143. The highest BCUT2D eigenvalue weighted by atomic mass is 79.9. The summed E-state index contributed by atoms with van der Waals surface area (Å²) in [5, 5.41) is 0.